The van der Waals surface area contributed by atoms with Gasteiger partial charge in [-0.3, -0.25) is 14.7 Å². The molecule has 1 atom stereocenters. The monoisotopic (exact) mass is 369 g/mol. The Morgan fingerprint density at radius 2 is 2.04 bits per heavy atom. The second-order valence-electron chi connectivity index (χ2n) is 7.90. The molecule has 1 aromatic rings. The molecular formula is C22H31N3O2. The van der Waals surface area contributed by atoms with Gasteiger partial charge in [-0.25, -0.2) is 0 Å². The van der Waals surface area contributed by atoms with E-state index in [1.807, 2.05) is 12.1 Å². The van der Waals surface area contributed by atoms with Crippen molar-refractivity contribution < 1.29 is 9.53 Å². The van der Waals surface area contributed by atoms with Crippen molar-refractivity contribution >= 4 is 12.0 Å². The van der Waals surface area contributed by atoms with Crippen LogP contribution in [0.5, 0.6) is 0 Å². The molecule has 0 bridgehead atoms. The number of hydrogen-bond donors (Lipinski definition) is 1. The normalized spacial score (nSPS) is 22.2. The minimum Gasteiger partial charge on any atom is -0.370 e. The number of rotatable bonds is 6. The predicted octanol–water partition coefficient (Wildman–Crippen LogP) is 3.19. The summed E-state index contributed by atoms with van der Waals surface area (Å²) in [5, 5.41) is 2.97. The van der Waals surface area contributed by atoms with E-state index >= 15 is 0 Å². The van der Waals surface area contributed by atoms with Gasteiger partial charge in [0.2, 0.25) is 5.91 Å². The molecule has 1 aromatic heterocycles. The van der Waals surface area contributed by atoms with Gasteiger partial charge < -0.3 is 10.1 Å². The summed E-state index contributed by atoms with van der Waals surface area (Å²) in [7, 11) is 0. The summed E-state index contributed by atoms with van der Waals surface area (Å²) in [4.78, 5) is 18.5. The largest absolute Gasteiger partial charge is 0.370 e. The van der Waals surface area contributed by atoms with E-state index in [9.17, 15) is 4.79 Å². The fourth-order valence-corrected chi connectivity index (χ4v) is 3.78. The number of allylic oxidation sites excluding steroid dienone is 1. The van der Waals surface area contributed by atoms with Crippen LogP contribution in [0.4, 0.5) is 0 Å². The fourth-order valence-electron chi connectivity index (χ4n) is 3.78. The molecule has 3 heterocycles. The Bertz CT molecular complexity index is 672. The zero-order chi connectivity index (χ0) is 19.1. The second kappa shape index (κ2) is 9.29. The molecule has 2 aliphatic heterocycles. The van der Waals surface area contributed by atoms with Crippen LogP contribution in [0, 0.1) is 0 Å². The zero-order valence-electron chi connectivity index (χ0n) is 16.5. The van der Waals surface area contributed by atoms with Crippen LogP contribution >= 0.6 is 0 Å². The zero-order valence-corrected chi connectivity index (χ0v) is 16.5. The maximum atomic E-state index is 12.0. The molecule has 5 heteroatoms. The maximum absolute atomic E-state index is 12.0. The summed E-state index contributed by atoms with van der Waals surface area (Å²) in [6, 6.07) is 3.75. The number of carbonyl (C=O) groups excluding carboxylic acids is 1. The van der Waals surface area contributed by atoms with Crippen LogP contribution in [0.15, 0.2) is 42.3 Å². The molecule has 146 valence electrons. The number of hydrogen-bond acceptors (Lipinski definition) is 4. The lowest BCUT2D eigenvalue weighted by atomic mass is 9.88. The number of ether oxygens (including phenoxy) is 1. The van der Waals surface area contributed by atoms with Gasteiger partial charge in [-0.2, -0.15) is 0 Å². The van der Waals surface area contributed by atoms with Gasteiger partial charge in [0, 0.05) is 44.6 Å². The molecule has 27 heavy (non-hydrogen) atoms. The van der Waals surface area contributed by atoms with E-state index in [1.54, 1.807) is 24.5 Å². The standard InChI is InChI=1S/C22H31N3O2/c1-18(2)8-14-25-15-10-22(11-16-25)9-5-20(27-22)17-24-21(26)4-3-19-6-12-23-13-7-19/h3-4,6-8,12-13,20H,5,9-11,14-17H2,1-2H3,(H,24,26). The minimum absolute atomic E-state index is 0.0315. The Labute approximate surface area is 162 Å². The number of amides is 1. The van der Waals surface area contributed by atoms with Gasteiger partial charge >= 0.3 is 0 Å². The lowest BCUT2D eigenvalue weighted by Gasteiger charge is -2.39. The highest BCUT2D eigenvalue weighted by atomic mass is 16.5. The Morgan fingerprint density at radius 3 is 2.74 bits per heavy atom. The molecule has 2 saturated heterocycles. The van der Waals surface area contributed by atoms with Gasteiger partial charge in [0.05, 0.1) is 11.7 Å². The van der Waals surface area contributed by atoms with Gasteiger partial charge in [0.25, 0.3) is 0 Å². The Balaban J connectivity index is 1.39. The average molecular weight is 370 g/mol. The Morgan fingerprint density at radius 1 is 1.30 bits per heavy atom. The summed E-state index contributed by atoms with van der Waals surface area (Å²) in [5.74, 6) is -0.0760. The van der Waals surface area contributed by atoms with E-state index in [1.165, 1.54) is 5.57 Å². The quantitative estimate of drug-likeness (QED) is 0.618. The summed E-state index contributed by atoms with van der Waals surface area (Å²) in [6.45, 7) is 8.12. The van der Waals surface area contributed by atoms with Crippen molar-refractivity contribution in [3.8, 4) is 0 Å². The minimum atomic E-state index is -0.0760. The van der Waals surface area contributed by atoms with Crippen LogP contribution in [-0.2, 0) is 9.53 Å². The van der Waals surface area contributed by atoms with Crippen molar-refractivity contribution in [2.75, 3.05) is 26.2 Å². The predicted molar refractivity (Wildman–Crippen MR) is 108 cm³/mol. The third-order valence-corrected chi connectivity index (χ3v) is 5.50. The van der Waals surface area contributed by atoms with E-state index in [-0.39, 0.29) is 17.6 Å². The first-order chi connectivity index (χ1) is 13.0. The molecule has 0 radical (unpaired) electrons. The van der Waals surface area contributed by atoms with Gasteiger partial charge in [-0.1, -0.05) is 11.6 Å². The van der Waals surface area contributed by atoms with Crippen molar-refractivity contribution in [3.63, 3.8) is 0 Å². The number of pyridine rings is 1. The number of nitrogens with one attached hydrogen (secondary N) is 1. The topological polar surface area (TPSA) is 54.5 Å². The van der Waals surface area contributed by atoms with Crippen molar-refractivity contribution in [1.82, 2.24) is 15.2 Å². The molecule has 1 amide bonds. The third kappa shape index (κ3) is 6.01. The molecule has 0 saturated carbocycles. The average Bonchev–Trinajstić information content (AvgIpc) is 3.08. The van der Waals surface area contributed by atoms with Crippen LogP contribution in [0.25, 0.3) is 6.08 Å². The lowest BCUT2D eigenvalue weighted by molar-refractivity contribution is -0.118. The highest BCUT2D eigenvalue weighted by Gasteiger charge is 2.42. The first-order valence-electron chi connectivity index (χ1n) is 9.94. The number of piperidine rings is 1. The molecule has 1 spiro atoms. The third-order valence-electron chi connectivity index (χ3n) is 5.50. The molecule has 2 aliphatic rings. The summed E-state index contributed by atoms with van der Waals surface area (Å²) in [5.41, 5.74) is 2.38. The van der Waals surface area contributed by atoms with Gasteiger partial charge in [0.1, 0.15) is 0 Å². The number of likely N-dealkylation sites (tertiary alicyclic amines) is 1. The second-order valence-corrected chi connectivity index (χ2v) is 7.90. The van der Waals surface area contributed by atoms with Crippen LogP contribution in [-0.4, -0.2) is 53.7 Å². The molecular weight excluding hydrogens is 338 g/mol. The number of nitrogens with zero attached hydrogens (tertiary/aromatic N) is 2. The van der Waals surface area contributed by atoms with Crippen molar-refractivity contribution in [2.45, 2.75) is 51.2 Å². The van der Waals surface area contributed by atoms with E-state index in [2.05, 4.69) is 35.1 Å². The molecule has 0 aliphatic carbocycles. The first kappa shape index (κ1) is 19.8. The van der Waals surface area contributed by atoms with E-state index < -0.39 is 0 Å². The SMILES string of the molecule is CC(C)=CCN1CCC2(CCC(CNC(=O)C=Cc3ccncc3)O2)CC1. The van der Waals surface area contributed by atoms with Gasteiger partial charge in [0.15, 0.2) is 0 Å². The molecule has 3 rings (SSSR count). The summed E-state index contributed by atoms with van der Waals surface area (Å²) < 4.78 is 6.39. The molecule has 0 aromatic carbocycles. The van der Waals surface area contributed by atoms with E-state index in [0.29, 0.717) is 6.54 Å². The lowest BCUT2D eigenvalue weighted by Crippen LogP contribution is -2.45. The van der Waals surface area contributed by atoms with Crippen LogP contribution in [0.3, 0.4) is 0 Å². The Hall–Kier alpha value is -1.98. The summed E-state index contributed by atoms with van der Waals surface area (Å²) >= 11 is 0. The number of aromatic nitrogens is 1. The first-order valence-corrected chi connectivity index (χ1v) is 9.94. The molecule has 2 fully saturated rings. The van der Waals surface area contributed by atoms with E-state index in [0.717, 1.165) is 50.9 Å². The van der Waals surface area contributed by atoms with Crippen molar-refractivity contribution in [2.24, 2.45) is 0 Å². The highest BCUT2D eigenvalue weighted by molar-refractivity contribution is 5.91. The van der Waals surface area contributed by atoms with Gasteiger partial charge in [-0.15, -0.1) is 0 Å². The van der Waals surface area contributed by atoms with Crippen LogP contribution < -0.4 is 5.32 Å². The van der Waals surface area contributed by atoms with Crippen molar-refractivity contribution in [1.29, 1.82) is 0 Å². The van der Waals surface area contributed by atoms with E-state index in [4.69, 9.17) is 4.74 Å². The summed E-state index contributed by atoms with van der Waals surface area (Å²) in [6.07, 6.45) is 13.6. The molecule has 1 unspecified atom stereocenters. The Kier molecular flexibility index (Phi) is 6.80. The van der Waals surface area contributed by atoms with Crippen LogP contribution in [0.1, 0.15) is 45.1 Å². The molecule has 5 nitrogen and oxygen atoms in total. The fraction of sp³-hybridized carbons (Fsp3) is 0.545. The highest BCUT2D eigenvalue weighted by Crippen LogP contribution is 2.38. The van der Waals surface area contributed by atoms with Gasteiger partial charge in [-0.05, 0) is 63.3 Å². The molecule has 1 N–H and O–H groups in total. The number of carbonyl (C=O) groups is 1. The van der Waals surface area contributed by atoms with Crippen molar-refractivity contribution in [3.05, 3.63) is 47.8 Å². The smallest absolute Gasteiger partial charge is 0.244 e. The maximum Gasteiger partial charge on any atom is 0.244 e. The van der Waals surface area contributed by atoms with Crippen LogP contribution in [0.2, 0.25) is 0 Å².